The molecule has 1 fully saturated rings. The molecule has 16 heavy (non-hydrogen) atoms. The van der Waals surface area contributed by atoms with Crippen LogP contribution in [0.5, 0.6) is 0 Å². The van der Waals surface area contributed by atoms with E-state index in [-0.39, 0.29) is 5.91 Å². The van der Waals surface area contributed by atoms with Crippen LogP contribution in [0.3, 0.4) is 0 Å². The van der Waals surface area contributed by atoms with Crippen molar-refractivity contribution in [3.63, 3.8) is 0 Å². The fourth-order valence-electron chi connectivity index (χ4n) is 1.65. The molecule has 0 bridgehead atoms. The highest BCUT2D eigenvalue weighted by Gasteiger charge is 2.35. The predicted octanol–water partition coefficient (Wildman–Crippen LogP) is 0.752. The zero-order valence-electron chi connectivity index (χ0n) is 10.1. The van der Waals surface area contributed by atoms with E-state index >= 15 is 0 Å². The first-order valence-corrected chi connectivity index (χ1v) is 7.05. The Balaban J connectivity index is 2.28. The molecular formula is C11H22N2O2S. The van der Waals surface area contributed by atoms with Crippen molar-refractivity contribution < 1.29 is 9.53 Å². The van der Waals surface area contributed by atoms with Crippen LogP contribution < -0.4 is 11.1 Å². The molecule has 0 aromatic heterocycles. The van der Waals surface area contributed by atoms with Crippen molar-refractivity contribution in [2.75, 3.05) is 26.0 Å². The molecule has 0 aromatic carbocycles. The number of ether oxygens (including phenoxy) is 1. The summed E-state index contributed by atoms with van der Waals surface area (Å²) in [5.41, 5.74) is 5.35. The maximum absolute atomic E-state index is 11.9. The van der Waals surface area contributed by atoms with Crippen molar-refractivity contribution in [2.45, 2.75) is 37.0 Å². The van der Waals surface area contributed by atoms with Gasteiger partial charge in [0.25, 0.3) is 0 Å². The lowest BCUT2D eigenvalue weighted by Gasteiger charge is -2.31. The molecule has 0 radical (unpaired) electrons. The molecule has 1 saturated heterocycles. The summed E-state index contributed by atoms with van der Waals surface area (Å²) >= 11 is 1.81. The number of thioether (sulfide) groups is 1. The van der Waals surface area contributed by atoms with Gasteiger partial charge in [0.1, 0.15) is 0 Å². The minimum atomic E-state index is -0.707. The van der Waals surface area contributed by atoms with E-state index in [1.165, 1.54) is 0 Å². The lowest BCUT2D eigenvalue weighted by Crippen LogP contribution is -2.57. The Morgan fingerprint density at radius 1 is 1.56 bits per heavy atom. The van der Waals surface area contributed by atoms with Crippen LogP contribution in [-0.2, 0) is 9.53 Å². The largest absolute Gasteiger partial charge is 0.381 e. The van der Waals surface area contributed by atoms with Gasteiger partial charge in [-0.2, -0.15) is 11.8 Å². The van der Waals surface area contributed by atoms with Gasteiger partial charge in [0, 0.05) is 25.0 Å². The second-order valence-electron chi connectivity index (χ2n) is 4.36. The number of carbonyl (C=O) groups excluding carboxylic acids is 1. The number of nitrogens with two attached hydrogens (primary N) is 1. The van der Waals surface area contributed by atoms with E-state index in [4.69, 9.17) is 10.5 Å². The van der Waals surface area contributed by atoms with E-state index in [0.29, 0.717) is 37.9 Å². The van der Waals surface area contributed by atoms with Gasteiger partial charge >= 0.3 is 0 Å². The minimum absolute atomic E-state index is 0.0240. The number of amides is 1. The lowest BCUT2D eigenvalue weighted by atomic mass is 9.90. The topological polar surface area (TPSA) is 64.4 Å². The maximum Gasteiger partial charge on any atom is 0.240 e. The number of nitrogens with one attached hydrogen (secondary N) is 1. The number of rotatable bonds is 5. The van der Waals surface area contributed by atoms with Gasteiger partial charge in [0.05, 0.1) is 5.54 Å². The van der Waals surface area contributed by atoms with Crippen molar-refractivity contribution in [1.82, 2.24) is 5.32 Å². The second-order valence-corrected chi connectivity index (χ2v) is 5.64. The molecule has 1 amide bonds. The molecule has 0 spiro atoms. The molecule has 94 valence electrons. The molecule has 1 heterocycles. The van der Waals surface area contributed by atoms with E-state index in [9.17, 15) is 4.79 Å². The van der Waals surface area contributed by atoms with Gasteiger partial charge in [-0.05, 0) is 25.5 Å². The molecule has 1 aliphatic heterocycles. The van der Waals surface area contributed by atoms with Crippen LogP contribution in [0, 0.1) is 0 Å². The minimum Gasteiger partial charge on any atom is -0.381 e. The molecular weight excluding hydrogens is 224 g/mol. The highest BCUT2D eigenvalue weighted by atomic mass is 32.2. The normalized spacial score (nSPS) is 21.4. The van der Waals surface area contributed by atoms with Crippen molar-refractivity contribution in [3.05, 3.63) is 0 Å². The Hall–Kier alpha value is -0.260. The van der Waals surface area contributed by atoms with Gasteiger partial charge in [-0.1, -0.05) is 6.92 Å². The highest BCUT2D eigenvalue weighted by Crippen LogP contribution is 2.17. The highest BCUT2D eigenvalue weighted by molar-refractivity contribution is 7.99. The van der Waals surface area contributed by atoms with Crippen LogP contribution >= 0.6 is 11.8 Å². The van der Waals surface area contributed by atoms with Crippen LogP contribution in [0.1, 0.15) is 26.2 Å². The molecule has 1 aliphatic rings. The lowest BCUT2D eigenvalue weighted by molar-refractivity contribution is -0.129. The summed E-state index contributed by atoms with van der Waals surface area (Å²) < 4.78 is 5.21. The van der Waals surface area contributed by atoms with E-state index in [2.05, 4.69) is 18.5 Å². The zero-order valence-corrected chi connectivity index (χ0v) is 10.9. The zero-order chi connectivity index (χ0) is 12.0. The first-order chi connectivity index (χ1) is 7.58. The van der Waals surface area contributed by atoms with Gasteiger partial charge in [0.15, 0.2) is 0 Å². The molecule has 1 unspecified atom stereocenters. The molecule has 1 rings (SSSR count). The summed E-state index contributed by atoms with van der Waals surface area (Å²) in [4.78, 5) is 11.9. The van der Waals surface area contributed by atoms with Crippen molar-refractivity contribution in [2.24, 2.45) is 5.73 Å². The van der Waals surface area contributed by atoms with Crippen LogP contribution in [0.2, 0.25) is 0 Å². The Labute approximate surface area is 102 Å². The van der Waals surface area contributed by atoms with Crippen LogP contribution in [-0.4, -0.2) is 42.7 Å². The summed E-state index contributed by atoms with van der Waals surface area (Å²) in [5, 5.41) is 3.50. The summed E-state index contributed by atoms with van der Waals surface area (Å²) in [6.45, 7) is 4.04. The van der Waals surface area contributed by atoms with Crippen molar-refractivity contribution >= 4 is 17.7 Å². The standard InChI is InChI=1S/C11H22N2O2S/c1-9(16-2)3-6-13-10(14)11(12)4-7-15-8-5-11/h9H,3-8,12H2,1-2H3,(H,13,14). The smallest absolute Gasteiger partial charge is 0.240 e. The fraction of sp³-hybridized carbons (Fsp3) is 0.909. The average molecular weight is 246 g/mol. The summed E-state index contributed by atoms with van der Waals surface area (Å²) in [6, 6.07) is 0. The number of hydrogen-bond donors (Lipinski definition) is 2. The summed E-state index contributed by atoms with van der Waals surface area (Å²) in [7, 11) is 0. The first kappa shape index (κ1) is 13.8. The van der Waals surface area contributed by atoms with E-state index < -0.39 is 5.54 Å². The SMILES string of the molecule is CSC(C)CCNC(=O)C1(N)CCOCC1. The molecule has 5 heteroatoms. The second kappa shape index (κ2) is 6.47. The monoisotopic (exact) mass is 246 g/mol. The van der Waals surface area contributed by atoms with Gasteiger partial charge in [-0.3, -0.25) is 4.79 Å². The van der Waals surface area contributed by atoms with E-state index in [0.717, 1.165) is 6.42 Å². The average Bonchev–Trinajstić information content (AvgIpc) is 2.29. The molecule has 0 aromatic rings. The molecule has 0 aliphatic carbocycles. The first-order valence-electron chi connectivity index (χ1n) is 5.76. The van der Waals surface area contributed by atoms with Gasteiger partial charge in [-0.15, -0.1) is 0 Å². The van der Waals surface area contributed by atoms with E-state index in [1.54, 1.807) is 0 Å². The van der Waals surface area contributed by atoms with Gasteiger partial charge in [0.2, 0.25) is 5.91 Å². The molecule has 4 nitrogen and oxygen atoms in total. The van der Waals surface area contributed by atoms with Crippen LogP contribution in [0.15, 0.2) is 0 Å². The third kappa shape index (κ3) is 3.96. The Morgan fingerprint density at radius 2 is 2.19 bits per heavy atom. The Kier molecular flexibility index (Phi) is 5.58. The predicted molar refractivity (Wildman–Crippen MR) is 67.6 cm³/mol. The third-order valence-electron chi connectivity index (χ3n) is 3.08. The van der Waals surface area contributed by atoms with Crippen molar-refractivity contribution in [1.29, 1.82) is 0 Å². The molecule has 3 N–H and O–H groups in total. The van der Waals surface area contributed by atoms with Crippen LogP contribution in [0.25, 0.3) is 0 Å². The summed E-state index contributed by atoms with van der Waals surface area (Å²) in [6.07, 6.45) is 4.31. The maximum atomic E-state index is 11.9. The third-order valence-corrected chi connectivity index (χ3v) is 4.12. The van der Waals surface area contributed by atoms with E-state index in [1.807, 2.05) is 11.8 Å². The van der Waals surface area contributed by atoms with Crippen molar-refractivity contribution in [3.8, 4) is 0 Å². The van der Waals surface area contributed by atoms with Gasteiger partial charge in [-0.25, -0.2) is 0 Å². The Bertz CT molecular complexity index is 230. The number of hydrogen-bond acceptors (Lipinski definition) is 4. The number of carbonyl (C=O) groups is 1. The van der Waals surface area contributed by atoms with Crippen LogP contribution in [0.4, 0.5) is 0 Å². The fourth-order valence-corrected chi connectivity index (χ4v) is 2.00. The quantitative estimate of drug-likeness (QED) is 0.751. The molecule has 0 saturated carbocycles. The van der Waals surface area contributed by atoms with Gasteiger partial charge < -0.3 is 15.8 Å². The Morgan fingerprint density at radius 3 is 2.75 bits per heavy atom. The summed E-state index contributed by atoms with van der Waals surface area (Å²) in [5.74, 6) is -0.0240. The molecule has 1 atom stereocenters.